The SMILES string of the molecule is CCC(C)C1C=CC=CC1C. The minimum atomic E-state index is 0.731. The lowest BCUT2D eigenvalue weighted by Gasteiger charge is -2.25. The third-order valence-corrected chi connectivity index (χ3v) is 2.77. The quantitative estimate of drug-likeness (QED) is 0.566. The molecule has 0 heteroatoms. The average molecular weight is 150 g/mol. The summed E-state index contributed by atoms with van der Waals surface area (Å²) in [6.45, 7) is 6.91. The minimum Gasteiger partial charge on any atom is -0.0811 e. The van der Waals surface area contributed by atoms with Crippen molar-refractivity contribution in [3.8, 4) is 0 Å². The lowest BCUT2D eigenvalue weighted by Crippen LogP contribution is -2.17. The Kier molecular flexibility index (Phi) is 2.92. The summed E-state index contributed by atoms with van der Waals surface area (Å²) in [4.78, 5) is 0. The Hall–Kier alpha value is -0.520. The van der Waals surface area contributed by atoms with Gasteiger partial charge in [0.15, 0.2) is 0 Å². The number of hydrogen-bond acceptors (Lipinski definition) is 0. The first-order chi connectivity index (χ1) is 5.25. The zero-order valence-electron chi connectivity index (χ0n) is 7.75. The third kappa shape index (κ3) is 1.95. The molecule has 0 saturated heterocycles. The van der Waals surface area contributed by atoms with Crippen molar-refractivity contribution >= 4 is 0 Å². The Morgan fingerprint density at radius 2 is 1.91 bits per heavy atom. The van der Waals surface area contributed by atoms with E-state index in [4.69, 9.17) is 0 Å². The van der Waals surface area contributed by atoms with E-state index in [0.29, 0.717) is 0 Å². The number of allylic oxidation sites excluding steroid dienone is 4. The van der Waals surface area contributed by atoms with Gasteiger partial charge in [0.25, 0.3) is 0 Å². The molecular weight excluding hydrogens is 132 g/mol. The number of rotatable bonds is 2. The maximum Gasteiger partial charge on any atom is -0.0144 e. The molecule has 0 bridgehead atoms. The van der Waals surface area contributed by atoms with E-state index >= 15 is 0 Å². The van der Waals surface area contributed by atoms with Crippen molar-refractivity contribution in [2.24, 2.45) is 17.8 Å². The van der Waals surface area contributed by atoms with Gasteiger partial charge in [0.2, 0.25) is 0 Å². The summed E-state index contributed by atoms with van der Waals surface area (Å²) < 4.78 is 0. The van der Waals surface area contributed by atoms with E-state index in [2.05, 4.69) is 45.1 Å². The van der Waals surface area contributed by atoms with Crippen molar-refractivity contribution in [3.05, 3.63) is 24.3 Å². The molecule has 0 N–H and O–H groups in total. The molecule has 0 aromatic heterocycles. The van der Waals surface area contributed by atoms with Crippen LogP contribution in [0.4, 0.5) is 0 Å². The maximum atomic E-state index is 2.35. The van der Waals surface area contributed by atoms with Gasteiger partial charge in [-0.1, -0.05) is 51.5 Å². The van der Waals surface area contributed by atoms with Crippen LogP contribution in [0.15, 0.2) is 24.3 Å². The summed E-state index contributed by atoms with van der Waals surface area (Å²) in [6, 6.07) is 0. The molecule has 0 heterocycles. The van der Waals surface area contributed by atoms with E-state index in [1.165, 1.54) is 6.42 Å². The van der Waals surface area contributed by atoms with Crippen molar-refractivity contribution in [3.63, 3.8) is 0 Å². The lowest BCUT2D eigenvalue weighted by molar-refractivity contribution is 0.347. The van der Waals surface area contributed by atoms with E-state index in [0.717, 1.165) is 17.8 Å². The van der Waals surface area contributed by atoms with Gasteiger partial charge >= 0.3 is 0 Å². The van der Waals surface area contributed by atoms with Crippen molar-refractivity contribution in [2.75, 3.05) is 0 Å². The Balaban J connectivity index is 2.58. The van der Waals surface area contributed by atoms with Crippen LogP contribution in [0.5, 0.6) is 0 Å². The summed E-state index contributed by atoms with van der Waals surface area (Å²) in [5, 5.41) is 0. The van der Waals surface area contributed by atoms with Crippen LogP contribution in [0.3, 0.4) is 0 Å². The second kappa shape index (κ2) is 3.75. The molecule has 0 saturated carbocycles. The van der Waals surface area contributed by atoms with E-state index in [9.17, 15) is 0 Å². The first kappa shape index (κ1) is 8.58. The fraction of sp³-hybridized carbons (Fsp3) is 0.636. The van der Waals surface area contributed by atoms with Gasteiger partial charge in [-0.25, -0.2) is 0 Å². The van der Waals surface area contributed by atoms with Crippen LogP contribution in [0.1, 0.15) is 27.2 Å². The van der Waals surface area contributed by atoms with Crippen LogP contribution < -0.4 is 0 Å². The maximum absolute atomic E-state index is 2.35. The van der Waals surface area contributed by atoms with Crippen molar-refractivity contribution in [2.45, 2.75) is 27.2 Å². The Morgan fingerprint density at radius 3 is 2.45 bits per heavy atom. The largest absolute Gasteiger partial charge is 0.0811 e. The fourth-order valence-corrected chi connectivity index (χ4v) is 1.72. The van der Waals surface area contributed by atoms with Gasteiger partial charge in [-0.05, 0) is 17.8 Å². The van der Waals surface area contributed by atoms with Crippen molar-refractivity contribution in [1.29, 1.82) is 0 Å². The first-order valence-electron chi connectivity index (χ1n) is 4.60. The van der Waals surface area contributed by atoms with E-state index < -0.39 is 0 Å². The average Bonchev–Trinajstić information content (AvgIpc) is 2.04. The highest BCUT2D eigenvalue weighted by atomic mass is 14.2. The van der Waals surface area contributed by atoms with Crippen molar-refractivity contribution in [1.82, 2.24) is 0 Å². The van der Waals surface area contributed by atoms with Gasteiger partial charge in [-0.3, -0.25) is 0 Å². The Morgan fingerprint density at radius 1 is 1.27 bits per heavy atom. The van der Waals surface area contributed by atoms with Crippen molar-refractivity contribution < 1.29 is 0 Å². The molecule has 0 amide bonds. The molecule has 1 aliphatic rings. The number of hydrogen-bond donors (Lipinski definition) is 0. The van der Waals surface area contributed by atoms with E-state index in [-0.39, 0.29) is 0 Å². The van der Waals surface area contributed by atoms with Gasteiger partial charge in [0.05, 0.1) is 0 Å². The summed E-state index contributed by atoms with van der Waals surface area (Å²) >= 11 is 0. The normalized spacial score (nSPS) is 32.3. The van der Waals surface area contributed by atoms with E-state index in [1.54, 1.807) is 0 Å². The highest BCUT2D eigenvalue weighted by Gasteiger charge is 2.18. The van der Waals surface area contributed by atoms with Crippen LogP contribution in [0.2, 0.25) is 0 Å². The molecular formula is C11H18. The molecule has 11 heavy (non-hydrogen) atoms. The Labute approximate surface area is 70.0 Å². The second-order valence-electron chi connectivity index (χ2n) is 3.59. The molecule has 0 radical (unpaired) electrons. The standard InChI is InChI=1S/C11H18/c1-4-9(2)11-8-6-5-7-10(11)3/h5-11H,4H2,1-3H3. The summed E-state index contributed by atoms with van der Waals surface area (Å²) in [5.41, 5.74) is 0. The minimum absolute atomic E-state index is 0.731. The van der Waals surface area contributed by atoms with Gasteiger partial charge in [-0.2, -0.15) is 0 Å². The molecule has 0 aliphatic heterocycles. The molecule has 0 spiro atoms. The molecule has 1 aliphatic carbocycles. The molecule has 0 aromatic rings. The van der Waals surface area contributed by atoms with Gasteiger partial charge in [0, 0.05) is 0 Å². The highest BCUT2D eigenvalue weighted by Crippen LogP contribution is 2.28. The Bertz CT molecular complexity index is 165. The highest BCUT2D eigenvalue weighted by molar-refractivity contribution is 5.14. The summed E-state index contributed by atoms with van der Waals surface area (Å²) in [7, 11) is 0. The third-order valence-electron chi connectivity index (χ3n) is 2.77. The fourth-order valence-electron chi connectivity index (χ4n) is 1.72. The first-order valence-corrected chi connectivity index (χ1v) is 4.60. The molecule has 3 atom stereocenters. The molecule has 0 nitrogen and oxygen atoms in total. The molecule has 3 unspecified atom stereocenters. The molecule has 1 rings (SSSR count). The zero-order chi connectivity index (χ0) is 8.27. The van der Waals surface area contributed by atoms with Crippen LogP contribution in [0.25, 0.3) is 0 Å². The van der Waals surface area contributed by atoms with E-state index in [1.807, 2.05) is 0 Å². The van der Waals surface area contributed by atoms with Gasteiger partial charge in [0.1, 0.15) is 0 Å². The zero-order valence-corrected chi connectivity index (χ0v) is 7.75. The summed E-state index contributed by atoms with van der Waals surface area (Å²) in [6.07, 6.45) is 10.3. The topological polar surface area (TPSA) is 0 Å². The van der Waals surface area contributed by atoms with Crippen LogP contribution in [-0.4, -0.2) is 0 Å². The second-order valence-corrected chi connectivity index (χ2v) is 3.59. The molecule has 0 fully saturated rings. The molecule has 0 aromatic carbocycles. The van der Waals surface area contributed by atoms with Crippen LogP contribution in [0, 0.1) is 17.8 Å². The smallest absolute Gasteiger partial charge is 0.0144 e. The summed E-state index contributed by atoms with van der Waals surface area (Å²) in [5.74, 6) is 2.33. The van der Waals surface area contributed by atoms with Gasteiger partial charge in [-0.15, -0.1) is 0 Å². The van der Waals surface area contributed by atoms with Crippen LogP contribution in [-0.2, 0) is 0 Å². The predicted octanol–water partition coefficient (Wildman–Crippen LogP) is 3.41. The lowest BCUT2D eigenvalue weighted by atomic mass is 9.80. The monoisotopic (exact) mass is 150 g/mol. The van der Waals surface area contributed by atoms with Crippen LogP contribution >= 0.6 is 0 Å². The predicted molar refractivity (Wildman–Crippen MR) is 50.4 cm³/mol. The van der Waals surface area contributed by atoms with Gasteiger partial charge < -0.3 is 0 Å². The molecule has 62 valence electrons.